The number of benzene rings is 1. The molecule has 0 fully saturated rings. The number of hydrogen-bond acceptors (Lipinski definition) is 5. The van der Waals surface area contributed by atoms with E-state index in [-0.39, 0.29) is 5.91 Å². The van der Waals surface area contributed by atoms with E-state index in [4.69, 9.17) is 4.74 Å². The van der Waals surface area contributed by atoms with Crippen molar-refractivity contribution in [3.63, 3.8) is 0 Å². The molecule has 3 rings (SSSR count). The number of anilines is 1. The molecular formula is C18H20N2O3S. The third kappa shape index (κ3) is 3.66. The zero-order valence-corrected chi connectivity index (χ0v) is 14.6. The first kappa shape index (κ1) is 16.7. The van der Waals surface area contributed by atoms with Gasteiger partial charge in [0.25, 0.3) is 0 Å². The average molecular weight is 344 g/mol. The van der Waals surface area contributed by atoms with Crippen LogP contribution in [0, 0.1) is 6.92 Å². The first-order chi connectivity index (χ1) is 11.6. The van der Waals surface area contributed by atoms with Crippen LogP contribution >= 0.6 is 11.3 Å². The van der Waals surface area contributed by atoms with E-state index in [2.05, 4.69) is 28.4 Å². The van der Waals surface area contributed by atoms with Gasteiger partial charge < -0.3 is 10.1 Å². The van der Waals surface area contributed by atoms with Gasteiger partial charge in [-0.2, -0.15) is 0 Å². The van der Waals surface area contributed by atoms with Crippen LogP contribution in [-0.2, 0) is 22.5 Å². The molecule has 0 unspecified atom stereocenters. The molecule has 1 aromatic carbocycles. The van der Waals surface area contributed by atoms with Crippen LogP contribution in [0.1, 0.15) is 26.4 Å². The molecular weight excluding hydrogens is 324 g/mol. The van der Waals surface area contributed by atoms with Gasteiger partial charge in [-0.15, -0.1) is 11.3 Å². The molecule has 0 atom stereocenters. The molecule has 0 bridgehead atoms. The Morgan fingerprint density at radius 2 is 2.04 bits per heavy atom. The van der Waals surface area contributed by atoms with Crippen molar-refractivity contribution in [1.29, 1.82) is 0 Å². The molecule has 5 nitrogen and oxygen atoms in total. The van der Waals surface area contributed by atoms with Crippen molar-refractivity contribution in [1.82, 2.24) is 4.90 Å². The van der Waals surface area contributed by atoms with E-state index in [0.717, 1.165) is 24.4 Å². The number of fused-ring (bicyclic) bond motifs is 1. The number of aryl methyl sites for hydroxylation is 1. The number of thiophene rings is 1. The van der Waals surface area contributed by atoms with Gasteiger partial charge in [0.2, 0.25) is 5.91 Å². The van der Waals surface area contributed by atoms with Crippen LogP contribution in [0.3, 0.4) is 0 Å². The van der Waals surface area contributed by atoms with Crippen LogP contribution in [0.15, 0.2) is 30.3 Å². The highest BCUT2D eigenvalue weighted by Gasteiger charge is 2.21. The van der Waals surface area contributed by atoms with Gasteiger partial charge in [-0.05, 0) is 30.5 Å². The number of methoxy groups -OCH3 is 1. The van der Waals surface area contributed by atoms with Crippen molar-refractivity contribution >= 4 is 28.2 Å². The van der Waals surface area contributed by atoms with Crippen molar-refractivity contribution in [2.24, 2.45) is 0 Å². The normalized spacial score (nSPS) is 14.1. The molecule has 126 valence electrons. The number of ether oxygens (including phenoxy) is 1. The number of rotatable bonds is 4. The fourth-order valence-electron chi connectivity index (χ4n) is 2.93. The van der Waals surface area contributed by atoms with E-state index in [1.165, 1.54) is 29.6 Å². The zero-order valence-electron chi connectivity index (χ0n) is 13.8. The molecule has 2 aromatic rings. The number of amides is 1. The van der Waals surface area contributed by atoms with Gasteiger partial charge in [0.05, 0.1) is 19.2 Å². The second-order valence-electron chi connectivity index (χ2n) is 5.87. The third-order valence-corrected chi connectivity index (χ3v) is 5.06. The average Bonchev–Trinajstić information content (AvgIpc) is 2.94. The first-order valence-corrected chi connectivity index (χ1v) is 8.66. The molecule has 1 amide bonds. The van der Waals surface area contributed by atoms with Crippen molar-refractivity contribution in [3.8, 4) is 0 Å². The maximum Gasteiger partial charge on any atom is 0.340 e. The SMILES string of the molecule is COC(=O)c1cc(C)sc1NC(=O)CN1CCc2ccccc2C1. The molecule has 0 saturated heterocycles. The summed E-state index contributed by atoms with van der Waals surface area (Å²) >= 11 is 1.39. The molecule has 0 spiro atoms. The quantitative estimate of drug-likeness (QED) is 0.867. The zero-order chi connectivity index (χ0) is 17.1. The first-order valence-electron chi connectivity index (χ1n) is 7.84. The van der Waals surface area contributed by atoms with E-state index in [1.54, 1.807) is 6.07 Å². The Balaban J connectivity index is 1.64. The Bertz CT molecular complexity index is 769. The van der Waals surface area contributed by atoms with Crippen LogP contribution in [0.5, 0.6) is 0 Å². The second kappa shape index (κ2) is 7.15. The van der Waals surface area contributed by atoms with E-state index in [0.29, 0.717) is 17.1 Å². The summed E-state index contributed by atoms with van der Waals surface area (Å²) in [4.78, 5) is 27.2. The lowest BCUT2D eigenvalue weighted by Crippen LogP contribution is -2.37. The monoisotopic (exact) mass is 344 g/mol. The third-order valence-electron chi connectivity index (χ3n) is 4.09. The van der Waals surface area contributed by atoms with Gasteiger partial charge in [-0.3, -0.25) is 9.69 Å². The van der Waals surface area contributed by atoms with Crippen LogP contribution in [-0.4, -0.2) is 37.0 Å². The largest absolute Gasteiger partial charge is 0.465 e. The Hall–Kier alpha value is -2.18. The highest BCUT2D eigenvalue weighted by atomic mass is 32.1. The summed E-state index contributed by atoms with van der Waals surface area (Å²) in [7, 11) is 1.34. The Kier molecular flexibility index (Phi) is 4.97. The van der Waals surface area contributed by atoms with Crippen LogP contribution in [0.25, 0.3) is 0 Å². The topological polar surface area (TPSA) is 58.6 Å². The predicted molar refractivity (Wildman–Crippen MR) is 94.4 cm³/mol. The number of nitrogens with zero attached hydrogens (tertiary/aromatic N) is 1. The van der Waals surface area contributed by atoms with Crippen molar-refractivity contribution < 1.29 is 14.3 Å². The number of nitrogens with one attached hydrogen (secondary N) is 1. The smallest absolute Gasteiger partial charge is 0.340 e. The van der Waals surface area contributed by atoms with E-state index in [9.17, 15) is 9.59 Å². The lowest BCUT2D eigenvalue weighted by atomic mass is 10.00. The van der Waals surface area contributed by atoms with Gasteiger partial charge in [0.15, 0.2) is 0 Å². The fourth-order valence-corrected chi connectivity index (χ4v) is 3.84. The van der Waals surface area contributed by atoms with Gasteiger partial charge in [0, 0.05) is 18.0 Å². The second-order valence-corrected chi connectivity index (χ2v) is 7.13. The van der Waals surface area contributed by atoms with Gasteiger partial charge >= 0.3 is 5.97 Å². The molecule has 6 heteroatoms. The summed E-state index contributed by atoms with van der Waals surface area (Å²) in [6.07, 6.45) is 0.953. The number of esters is 1. The van der Waals surface area contributed by atoms with E-state index < -0.39 is 5.97 Å². The number of hydrogen-bond donors (Lipinski definition) is 1. The minimum absolute atomic E-state index is 0.110. The number of carbonyl (C=O) groups excluding carboxylic acids is 2. The molecule has 1 aliphatic heterocycles. The van der Waals surface area contributed by atoms with Gasteiger partial charge in [0.1, 0.15) is 5.00 Å². The molecule has 0 aliphatic carbocycles. The van der Waals surface area contributed by atoms with E-state index in [1.807, 2.05) is 13.0 Å². The van der Waals surface area contributed by atoms with Crippen LogP contribution in [0.2, 0.25) is 0 Å². The standard InChI is InChI=1S/C18H20N2O3S/c1-12-9-15(18(22)23-2)17(24-12)19-16(21)11-20-8-7-13-5-3-4-6-14(13)10-20/h3-6,9H,7-8,10-11H2,1-2H3,(H,19,21). The molecule has 0 saturated carbocycles. The highest BCUT2D eigenvalue weighted by Crippen LogP contribution is 2.28. The lowest BCUT2D eigenvalue weighted by molar-refractivity contribution is -0.117. The molecule has 2 heterocycles. The molecule has 24 heavy (non-hydrogen) atoms. The predicted octanol–water partition coefficient (Wildman–Crippen LogP) is 2.84. The van der Waals surface area contributed by atoms with Crippen LogP contribution in [0.4, 0.5) is 5.00 Å². The van der Waals surface area contributed by atoms with Gasteiger partial charge in [-0.1, -0.05) is 24.3 Å². The summed E-state index contributed by atoms with van der Waals surface area (Å²) in [5, 5.41) is 3.41. The Labute approximate surface area is 145 Å². The minimum Gasteiger partial charge on any atom is -0.465 e. The number of carbonyl (C=O) groups is 2. The van der Waals surface area contributed by atoms with Gasteiger partial charge in [-0.25, -0.2) is 4.79 Å². The van der Waals surface area contributed by atoms with E-state index >= 15 is 0 Å². The molecule has 1 aliphatic rings. The molecule has 1 N–H and O–H groups in total. The Morgan fingerprint density at radius 3 is 2.79 bits per heavy atom. The molecule has 1 aromatic heterocycles. The Morgan fingerprint density at radius 1 is 1.29 bits per heavy atom. The summed E-state index contributed by atoms with van der Waals surface area (Å²) in [6.45, 7) is 3.84. The van der Waals surface area contributed by atoms with Crippen molar-refractivity contribution in [2.75, 3.05) is 25.5 Å². The maximum atomic E-state index is 12.4. The summed E-state index contributed by atoms with van der Waals surface area (Å²) in [5.74, 6) is -0.539. The lowest BCUT2D eigenvalue weighted by Gasteiger charge is -2.28. The summed E-state index contributed by atoms with van der Waals surface area (Å²) in [5.41, 5.74) is 3.05. The minimum atomic E-state index is -0.429. The fraction of sp³-hybridized carbons (Fsp3) is 0.333. The van der Waals surface area contributed by atoms with Crippen molar-refractivity contribution in [2.45, 2.75) is 19.9 Å². The summed E-state index contributed by atoms with van der Waals surface area (Å²) < 4.78 is 4.77. The summed E-state index contributed by atoms with van der Waals surface area (Å²) in [6, 6.07) is 10.1. The molecule has 0 radical (unpaired) electrons. The van der Waals surface area contributed by atoms with Crippen LogP contribution < -0.4 is 5.32 Å². The van der Waals surface area contributed by atoms with Crippen molar-refractivity contribution in [3.05, 3.63) is 51.9 Å². The maximum absolute atomic E-state index is 12.4. The highest BCUT2D eigenvalue weighted by molar-refractivity contribution is 7.16.